The van der Waals surface area contributed by atoms with Crippen molar-refractivity contribution < 1.29 is 4.74 Å². The van der Waals surface area contributed by atoms with E-state index in [-0.39, 0.29) is 0 Å². The molecule has 21 heavy (non-hydrogen) atoms. The summed E-state index contributed by atoms with van der Waals surface area (Å²) in [5, 5.41) is 11.5. The minimum atomic E-state index is 0.483. The summed E-state index contributed by atoms with van der Waals surface area (Å²) >= 11 is 0. The SMILES string of the molecule is CCCNCc1ccc(OCC=Cc2ccccc2)nn1. The predicted molar refractivity (Wildman–Crippen MR) is 85.0 cm³/mol. The Labute approximate surface area is 125 Å². The van der Waals surface area contributed by atoms with Gasteiger partial charge in [-0.25, -0.2) is 0 Å². The fourth-order valence-electron chi connectivity index (χ4n) is 1.79. The van der Waals surface area contributed by atoms with Crippen molar-refractivity contribution in [2.75, 3.05) is 13.2 Å². The van der Waals surface area contributed by atoms with Gasteiger partial charge in [0.15, 0.2) is 0 Å². The summed E-state index contributed by atoms with van der Waals surface area (Å²) in [4.78, 5) is 0. The molecule has 1 aromatic carbocycles. The van der Waals surface area contributed by atoms with Crippen molar-refractivity contribution in [3.8, 4) is 5.88 Å². The van der Waals surface area contributed by atoms with Crippen LogP contribution in [0.2, 0.25) is 0 Å². The Morgan fingerprint density at radius 2 is 1.95 bits per heavy atom. The maximum Gasteiger partial charge on any atom is 0.233 e. The summed E-state index contributed by atoms with van der Waals surface area (Å²) in [6, 6.07) is 13.9. The van der Waals surface area contributed by atoms with Gasteiger partial charge >= 0.3 is 0 Å². The first-order chi connectivity index (χ1) is 10.4. The van der Waals surface area contributed by atoms with Gasteiger partial charge in [0.05, 0.1) is 5.69 Å². The summed E-state index contributed by atoms with van der Waals surface area (Å²) in [6.45, 7) is 4.36. The molecular formula is C17H21N3O. The Hall–Kier alpha value is -2.20. The average Bonchev–Trinajstić information content (AvgIpc) is 2.54. The largest absolute Gasteiger partial charge is 0.472 e. The molecule has 0 aliphatic carbocycles. The first-order valence-corrected chi connectivity index (χ1v) is 7.26. The number of hydrogen-bond acceptors (Lipinski definition) is 4. The second kappa shape index (κ2) is 8.87. The minimum absolute atomic E-state index is 0.483. The lowest BCUT2D eigenvalue weighted by Crippen LogP contribution is -2.15. The molecule has 0 fully saturated rings. The van der Waals surface area contributed by atoms with Gasteiger partial charge in [0.25, 0.3) is 0 Å². The van der Waals surface area contributed by atoms with E-state index in [1.165, 1.54) is 0 Å². The highest BCUT2D eigenvalue weighted by Gasteiger charge is 1.97. The molecule has 0 spiro atoms. The maximum absolute atomic E-state index is 5.53. The van der Waals surface area contributed by atoms with Crippen LogP contribution in [0.5, 0.6) is 5.88 Å². The number of nitrogens with one attached hydrogen (secondary N) is 1. The number of nitrogens with zero attached hydrogens (tertiary/aromatic N) is 2. The third-order valence-corrected chi connectivity index (χ3v) is 2.87. The van der Waals surface area contributed by atoms with Crippen LogP contribution < -0.4 is 10.1 Å². The van der Waals surface area contributed by atoms with Crippen molar-refractivity contribution in [3.63, 3.8) is 0 Å². The average molecular weight is 283 g/mol. The van der Waals surface area contributed by atoms with Crippen LogP contribution in [-0.4, -0.2) is 23.3 Å². The molecule has 0 saturated carbocycles. The first-order valence-electron chi connectivity index (χ1n) is 7.26. The van der Waals surface area contributed by atoms with E-state index in [4.69, 9.17) is 4.74 Å². The summed E-state index contributed by atoms with van der Waals surface area (Å²) in [5.74, 6) is 0.548. The zero-order valence-electron chi connectivity index (χ0n) is 12.3. The lowest BCUT2D eigenvalue weighted by Gasteiger charge is -2.04. The summed E-state index contributed by atoms with van der Waals surface area (Å²) in [7, 11) is 0. The van der Waals surface area contributed by atoms with Gasteiger partial charge < -0.3 is 10.1 Å². The first kappa shape index (κ1) is 15.2. The third kappa shape index (κ3) is 5.75. The van der Waals surface area contributed by atoms with Gasteiger partial charge in [0.1, 0.15) is 6.61 Å². The van der Waals surface area contributed by atoms with E-state index in [9.17, 15) is 0 Å². The van der Waals surface area contributed by atoms with Crippen LogP contribution in [0.25, 0.3) is 6.08 Å². The molecule has 1 N–H and O–H groups in total. The Bertz CT molecular complexity index is 538. The molecule has 1 aromatic heterocycles. The molecule has 0 amide bonds. The summed E-state index contributed by atoms with van der Waals surface area (Å²) in [6.07, 6.45) is 5.10. The van der Waals surface area contributed by atoms with Crippen molar-refractivity contribution in [3.05, 3.63) is 59.8 Å². The Kier molecular flexibility index (Phi) is 6.42. The van der Waals surface area contributed by atoms with Crippen LogP contribution in [0.15, 0.2) is 48.5 Å². The molecule has 0 unspecified atom stereocenters. The third-order valence-electron chi connectivity index (χ3n) is 2.87. The van der Waals surface area contributed by atoms with Crippen LogP contribution >= 0.6 is 0 Å². The molecule has 4 heteroatoms. The molecule has 0 bridgehead atoms. The van der Waals surface area contributed by atoms with E-state index >= 15 is 0 Å². The molecule has 0 aliphatic rings. The van der Waals surface area contributed by atoms with Gasteiger partial charge in [-0.2, -0.15) is 5.10 Å². The van der Waals surface area contributed by atoms with Gasteiger partial charge in [0.2, 0.25) is 5.88 Å². The van der Waals surface area contributed by atoms with Crippen LogP contribution in [0.1, 0.15) is 24.6 Å². The smallest absolute Gasteiger partial charge is 0.233 e. The van der Waals surface area contributed by atoms with Gasteiger partial charge in [-0.05, 0) is 30.7 Å². The quantitative estimate of drug-likeness (QED) is 0.756. The highest BCUT2D eigenvalue weighted by atomic mass is 16.5. The second-order valence-electron chi connectivity index (χ2n) is 4.66. The van der Waals surface area contributed by atoms with E-state index in [0.29, 0.717) is 12.5 Å². The fraction of sp³-hybridized carbons (Fsp3) is 0.294. The molecule has 1 heterocycles. The van der Waals surface area contributed by atoms with Crippen molar-refractivity contribution in [2.24, 2.45) is 0 Å². The maximum atomic E-state index is 5.53. The molecular weight excluding hydrogens is 262 g/mol. The monoisotopic (exact) mass is 283 g/mol. The predicted octanol–water partition coefficient (Wildman–Crippen LogP) is 3.07. The van der Waals surface area contributed by atoms with Crippen molar-refractivity contribution >= 4 is 6.08 Å². The second-order valence-corrected chi connectivity index (χ2v) is 4.66. The molecule has 2 rings (SSSR count). The van der Waals surface area contributed by atoms with Gasteiger partial charge in [0, 0.05) is 12.6 Å². The zero-order valence-corrected chi connectivity index (χ0v) is 12.3. The van der Waals surface area contributed by atoms with Gasteiger partial charge in [-0.15, -0.1) is 5.10 Å². The minimum Gasteiger partial charge on any atom is -0.472 e. The normalized spacial score (nSPS) is 10.9. The zero-order chi connectivity index (χ0) is 14.8. The number of ether oxygens (including phenoxy) is 1. The highest BCUT2D eigenvalue weighted by molar-refractivity contribution is 5.48. The number of aromatic nitrogens is 2. The lowest BCUT2D eigenvalue weighted by molar-refractivity contribution is 0.343. The fourth-order valence-corrected chi connectivity index (χ4v) is 1.79. The van der Waals surface area contributed by atoms with Gasteiger partial charge in [-0.1, -0.05) is 43.3 Å². The number of rotatable bonds is 8. The van der Waals surface area contributed by atoms with E-state index in [2.05, 4.69) is 34.6 Å². The van der Waals surface area contributed by atoms with Crippen LogP contribution in [-0.2, 0) is 6.54 Å². The van der Waals surface area contributed by atoms with Crippen molar-refractivity contribution in [1.29, 1.82) is 0 Å². The van der Waals surface area contributed by atoms with E-state index in [1.807, 2.05) is 42.5 Å². The Balaban J connectivity index is 1.74. The van der Waals surface area contributed by atoms with Gasteiger partial charge in [-0.3, -0.25) is 0 Å². The molecule has 0 radical (unpaired) electrons. The summed E-state index contributed by atoms with van der Waals surface area (Å²) in [5.41, 5.74) is 2.08. The van der Waals surface area contributed by atoms with E-state index in [1.54, 1.807) is 0 Å². The summed E-state index contributed by atoms with van der Waals surface area (Å²) < 4.78 is 5.53. The standard InChI is InChI=1S/C17H21N3O/c1-2-12-18-14-16-10-11-17(20-19-16)21-13-6-9-15-7-4-3-5-8-15/h3-11,18H,2,12-14H2,1H3. The topological polar surface area (TPSA) is 47.0 Å². The lowest BCUT2D eigenvalue weighted by atomic mass is 10.2. The van der Waals surface area contributed by atoms with E-state index < -0.39 is 0 Å². The highest BCUT2D eigenvalue weighted by Crippen LogP contribution is 2.06. The number of benzene rings is 1. The molecule has 4 nitrogen and oxygen atoms in total. The number of hydrogen-bond donors (Lipinski definition) is 1. The van der Waals surface area contributed by atoms with E-state index in [0.717, 1.165) is 30.8 Å². The molecule has 2 aromatic rings. The molecule has 0 atom stereocenters. The molecule has 0 aliphatic heterocycles. The van der Waals surface area contributed by atoms with Crippen LogP contribution in [0.4, 0.5) is 0 Å². The molecule has 0 saturated heterocycles. The van der Waals surface area contributed by atoms with Crippen LogP contribution in [0.3, 0.4) is 0 Å². The molecule has 110 valence electrons. The Morgan fingerprint density at radius 3 is 2.67 bits per heavy atom. The van der Waals surface area contributed by atoms with Crippen molar-refractivity contribution in [1.82, 2.24) is 15.5 Å². The Morgan fingerprint density at radius 1 is 1.10 bits per heavy atom. The van der Waals surface area contributed by atoms with Crippen molar-refractivity contribution in [2.45, 2.75) is 19.9 Å². The van der Waals surface area contributed by atoms with Crippen LogP contribution in [0, 0.1) is 0 Å².